The van der Waals surface area contributed by atoms with Crippen molar-refractivity contribution in [2.45, 2.75) is 11.7 Å². The minimum Gasteiger partial charge on any atom is -0.369 e. The normalized spacial score (nSPS) is 10.5. The molecule has 0 aliphatic rings. The van der Waals surface area contributed by atoms with Gasteiger partial charge in [-0.15, -0.1) is 0 Å². The maximum absolute atomic E-state index is 10.8. The molecule has 2 N–H and O–H groups in total. The zero-order chi connectivity index (χ0) is 13.0. The molecule has 94 valence electrons. The highest BCUT2D eigenvalue weighted by atomic mass is 35.5. The number of primary amides is 1. The van der Waals surface area contributed by atoms with Crippen LogP contribution in [-0.4, -0.2) is 21.2 Å². The van der Waals surface area contributed by atoms with E-state index in [0.29, 0.717) is 6.54 Å². The second kappa shape index (κ2) is 5.93. The van der Waals surface area contributed by atoms with Crippen LogP contribution in [0.4, 0.5) is 0 Å². The van der Waals surface area contributed by atoms with Gasteiger partial charge < -0.3 is 10.3 Å². The molecule has 0 unspecified atom stereocenters. The number of hydrogen-bond donors (Lipinski definition) is 1. The van der Waals surface area contributed by atoms with Gasteiger partial charge >= 0.3 is 0 Å². The van der Waals surface area contributed by atoms with Crippen molar-refractivity contribution in [3.63, 3.8) is 0 Å². The molecule has 0 aliphatic heterocycles. The van der Waals surface area contributed by atoms with Crippen LogP contribution in [0.2, 0.25) is 5.02 Å². The number of amides is 1. The largest absolute Gasteiger partial charge is 0.369 e. The van der Waals surface area contributed by atoms with Gasteiger partial charge in [-0.05, 0) is 11.6 Å². The van der Waals surface area contributed by atoms with Crippen molar-refractivity contribution in [3.05, 3.63) is 47.2 Å². The van der Waals surface area contributed by atoms with Crippen LogP contribution in [0.3, 0.4) is 0 Å². The number of rotatable bonds is 5. The van der Waals surface area contributed by atoms with E-state index in [-0.39, 0.29) is 11.7 Å². The first-order chi connectivity index (χ1) is 8.66. The molecule has 0 saturated heterocycles. The summed E-state index contributed by atoms with van der Waals surface area (Å²) >= 11 is 7.43. The Morgan fingerprint density at radius 2 is 2.22 bits per heavy atom. The van der Waals surface area contributed by atoms with E-state index in [1.54, 1.807) is 6.20 Å². The molecule has 0 fully saturated rings. The summed E-state index contributed by atoms with van der Waals surface area (Å²) in [6.45, 7) is 0.626. The molecule has 0 atom stereocenters. The molecule has 0 radical (unpaired) electrons. The Hall–Kier alpha value is -1.46. The van der Waals surface area contributed by atoms with E-state index in [9.17, 15) is 4.79 Å². The van der Waals surface area contributed by atoms with Crippen molar-refractivity contribution in [1.29, 1.82) is 0 Å². The standard InChI is InChI=1S/C12H12ClN3OS/c13-10-4-2-1-3-9(10)7-16-6-5-15-12(16)18-8-11(14)17/h1-6H,7-8H2,(H2,14,17). The molecule has 4 nitrogen and oxygen atoms in total. The van der Waals surface area contributed by atoms with Gasteiger partial charge in [0.15, 0.2) is 5.16 Å². The predicted octanol–water partition coefficient (Wildman–Crippen LogP) is 2.16. The van der Waals surface area contributed by atoms with Crippen molar-refractivity contribution in [3.8, 4) is 0 Å². The number of carbonyl (C=O) groups is 1. The van der Waals surface area contributed by atoms with E-state index in [2.05, 4.69) is 4.98 Å². The summed E-state index contributed by atoms with van der Waals surface area (Å²) in [6.07, 6.45) is 3.55. The first kappa shape index (κ1) is 13.0. The Balaban J connectivity index is 2.12. The number of aromatic nitrogens is 2. The molecule has 1 amide bonds. The minimum atomic E-state index is -0.354. The molecule has 0 spiro atoms. The smallest absolute Gasteiger partial charge is 0.227 e. The molecular formula is C12H12ClN3OS. The molecule has 6 heteroatoms. The summed E-state index contributed by atoms with van der Waals surface area (Å²) in [7, 11) is 0. The molecule has 1 heterocycles. The van der Waals surface area contributed by atoms with E-state index in [0.717, 1.165) is 15.7 Å². The summed E-state index contributed by atoms with van der Waals surface area (Å²) in [5.74, 6) is -0.133. The van der Waals surface area contributed by atoms with Crippen LogP contribution in [-0.2, 0) is 11.3 Å². The predicted molar refractivity (Wildman–Crippen MR) is 72.7 cm³/mol. The zero-order valence-electron chi connectivity index (χ0n) is 9.54. The van der Waals surface area contributed by atoms with Crippen molar-refractivity contribution in [2.24, 2.45) is 5.73 Å². The van der Waals surface area contributed by atoms with Crippen LogP contribution < -0.4 is 5.73 Å². The van der Waals surface area contributed by atoms with E-state index >= 15 is 0 Å². The average molecular weight is 282 g/mol. The number of hydrogen-bond acceptors (Lipinski definition) is 3. The van der Waals surface area contributed by atoms with Gasteiger partial charge in [0.05, 0.1) is 12.3 Å². The summed E-state index contributed by atoms with van der Waals surface area (Å²) in [6, 6.07) is 7.64. The number of thioether (sulfide) groups is 1. The monoisotopic (exact) mass is 281 g/mol. The lowest BCUT2D eigenvalue weighted by molar-refractivity contribution is -0.115. The Bertz CT molecular complexity index is 556. The molecular weight excluding hydrogens is 270 g/mol. The molecule has 0 aliphatic carbocycles. The second-order valence-corrected chi connectivity index (χ2v) is 5.03. The molecule has 2 aromatic rings. The third-order valence-corrected chi connectivity index (χ3v) is 3.72. The van der Waals surface area contributed by atoms with Gasteiger partial charge in [0, 0.05) is 17.4 Å². The van der Waals surface area contributed by atoms with E-state index in [1.807, 2.05) is 35.0 Å². The van der Waals surface area contributed by atoms with Crippen molar-refractivity contribution >= 4 is 29.3 Å². The summed E-state index contributed by atoms with van der Waals surface area (Å²) in [5, 5.41) is 1.48. The molecule has 18 heavy (non-hydrogen) atoms. The highest BCUT2D eigenvalue weighted by Gasteiger charge is 2.07. The third kappa shape index (κ3) is 3.27. The Kier molecular flexibility index (Phi) is 4.28. The Morgan fingerprint density at radius 1 is 1.44 bits per heavy atom. The highest BCUT2D eigenvalue weighted by Crippen LogP contribution is 2.20. The summed E-state index contributed by atoms with van der Waals surface area (Å²) in [4.78, 5) is 15.0. The van der Waals surface area contributed by atoms with Gasteiger partial charge in [0.25, 0.3) is 0 Å². The number of nitrogens with zero attached hydrogens (tertiary/aromatic N) is 2. The summed E-state index contributed by atoms with van der Waals surface area (Å²) < 4.78 is 1.94. The fourth-order valence-corrected chi connectivity index (χ4v) is 2.40. The number of imidazole rings is 1. The number of halogens is 1. The lowest BCUT2D eigenvalue weighted by atomic mass is 10.2. The fourth-order valence-electron chi connectivity index (χ4n) is 1.50. The quantitative estimate of drug-likeness (QED) is 0.855. The van der Waals surface area contributed by atoms with Crippen LogP contribution in [0.25, 0.3) is 0 Å². The zero-order valence-corrected chi connectivity index (χ0v) is 11.1. The van der Waals surface area contributed by atoms with E-state index < -0.39 is 0 Å². The highest BCUT2D eigenvalue weighted by molar-refractivity contribution is 7.99. The number of benzene rings is 1. The van der Waals surface area contributed by atoms with Gasteiger partial charge in [0.2, 0.25) is 5.91 Å². The van der Waals surface area contributed by atoms with Gasteiger partial charge in [-0.3, -0.25) is 4.79 Å². The van der Waals surface area contributed by atoms with Gasteiger partial charge in [-0.1, -0.05) is 41.6 Å². The van der Waals surface area contributed by atoms with Crippen molar-refractivity contribution in [1.82, 2.24) is 9.55 Å². The maximum Gasteiger partial charge on any atom is 0.227 e. The molecule has 0 bridgehead atoms. The first-order valence-corrected chi connectivity index (χ1v) is 6.69. The van der Waals surface area contributed by atoms with Crippen molar-refractivity contribution in [2.75, 3.05) is 5.75 Å². The number of carbonyl (C=O) groups excluding carboxylic acids is 1. The van der Waals surface area contributed by atoms with Crippen LogP contribution in [0, 0.1) is 0 Å². The lowest BCUT2D eigenvalue weighted by Crippen LogP contribution is -2.13. The minimum absolute atomic E-state index is 0.222. The van der Waals surface area contributed by atoms with Crippen LogP contribution >= 0.6 is 23.4 Å². The molecule has 0 saturated carbocycles. The van der Waals surface area contributed by atoms with E-state index in [4.69, 9.17) is 17.3 Å². The SMILES string of the molecule is NC(=O)CSc1nccn1Cc1ccccc1Cl. The van der Waals surface area contributed by atoms with E-state index in [1.165, 1.54) is 11.8 Å². The third-order valence-electron chi connectivity index (χ3n) is 2.32. The van der Waals surface area contributed by atoms with Gasteiger partial charge in [-0.25, -0.2) is 4.98 Å². The fraction of sp³-hybridized carbons (Fsp3) is 0.167. The van der Waals surface area contributed by atoms with Crippen LogP contribution in [0.15, 0.2) is 41.8 Å². The maximum atomic E-state index is 10.8. The molecule has 2 rings (SSSR count). The van der Waals surface area contributed by atoms with Gasteiger partial charge in [-0.2, -0.15) is 0 Å². The topological polar surface area (TPSA) is 60.9 Å². The molecule has 1 aromatic carbocycles. The Morgan fingerprint density at radius 3 is 2.94 bits per heavy atom. The molecule has 1 aromatic heterocycles. The Labute approximate surface area is 114 Å². The second-order valence-electron chi connectivity index (χ2n) is 3.68. The average Bonchev–Trinajstić information content (AvgIpc) is 2.77. The van der Waals surface area contributed by atoms with Crippen molar-refractivity contribution < 1.29 is 4.79 Å². The lowest BCUT2D eigenvalue weighted by Gasteiger charge is -2.08. The number of nitrogens with two attached hydrogens (primary N) is 1. The van der Waals surface area contributed by atoms with Crippen LogP contribution in [0.5, 0.6) is 0 Å². The first-order valence-electron chi connectivity index (χ1n) is 5.32. The van der Waals surface area contributed by atoms with Crippen LogP contribution in [0.1, 0.15) is 5.56 Å². The summed E-state index contributed by atoms with van der Waals surface area (Å²) in [5.41, 5.74) is 6.13. The van der Waals surface area contributed by atoms with Gasteiger partial charge in [0.1, 0.15) is 0 Å².